The molecule has 0 saturated heterocycles. The molecule has 21 heavy (non-hydrogen) atoms. The second-order valence-electron chi connectivity index (χ2n) is 4.58. The number of allylic oxidation sites excluding steroid dienone is 1. The lowest BCUT2D eigenvalue weighted by molar-refractivity contribution is 0.104. The van der Waals surface area contributed by atoms with Crippen molar-refractivity contribution in [1.29, 1.82) is 0 Å². The predicted octanol–water partition coefficient (Wildman–Crippen LogP) is 3.31. The number of phenols is 2. The van der Waals surface area contributed by atoms with Crippen LogP contribution in [0.25, 0.3) is 6.08 Å². The van der Waals surface area contributed by atoms with E-state index in [2.05, 4.69) is 0 Å². The van der Waals surface area contributed by atoms with E-state index in [1.807, 2.05) is 0 Å². The number of ether oxygens (including phenoxy) is 1. The molecule has 0 saturated carbocycles. The number of phenolic OH excluding ortho intramolecular Hbond substituents is 2. The van der Waals surface area contributed by atoms with Gasteiger partial charge in [0.2, 0.25) is 0 Å². The number of carbonyl (C=O) groups is 1. The fraction of sp³-hybridized carbons (Fsp3) is 0.118. The van der Waals surface area contributed by atoms with Crippen molar-refractivity contribution >= 4 is 11.9 Å². The zero-order valence-electron chi connectivity index (χ0n) is 11.8. The van der Waals surface area contributed by atoms with E-state index in [0.717, 1.165) is 0 Å². The van der Waals surface area contributed by atoms with Gasteiger partial charge in [0, 0.05) is 16.7 Å². The maximum atomic E-state index is 12.0. The summed E-state index contributed by atoms with van der Waals surface area (Å²) in [6.45, 7) is 1.74. The first-order valence-electron chi connectivity index (χ1n) is 6.41. The summed E-state index contributed by atoms with van der Waals surface area (Å²) in [5.74, 6) is 0.618. The quantitative estimate of drug-likeness (QED) is 0.667. The highest BCUT2D eigenvalue weighted by atomic mass is 16.5. The molecule has 0 aliphatic carbocycles. The van der Waals surface area contributed by atoms with Gasteiger partial charge in [0.15, 0.2) is 5.78 Å². The highest BCUT2D eigenvalue weighted by Gasteiger charge is 2.08. The monoisotopic (exact) mass is 284 g/mol. The summed E-state index contributed by atoms with van der Waals surface area (Å²) in [5.41, 5.74) is 1.81. The molecule has 0 unspecified atom stereocenters. The third-order valence-corrected chi connectivity index (χ3v) is 3.18. The lowest BCUT2D eigenvalue weighted by atomic mass is 10.1. The zero-order chi connectivity index (χ0) is 15.4. The zero-order valence-corrected chi connectivity index (χ0v) is 11.8. The van der Waals surface area contributed by atoms with Gasteiger partial charge in [-0.15, -0.1) is 0 Å². The van der Waals surface area contributed by atoms with Crippen LogP contribution in [0.3, 0.4) is 0 Å². The first kappa shape index (κ1) is 14.7. The normalized spacial score (nSPS) is 10.8. The summed E-state index contributed by atoms with van der Waals surface area (Å²) >= 11 is 0. The molecular formula is C17H16O4. The van der Waals surface area contributed by atoms with Crippen LogP contribution in [0.4, 0.5) is 0 Å². The van der Waals surface area contributed by atoms with Crippen LogP contribution in [0.5, 0.6) is 17.2 Å². The van der Waals surface area contributed by atoms with Gasteiger partial charge in [-0.25, -0.2) is 0 Å². The number of methoxy groups -OCH3 is 1. The summed E-state index contributed by atoms with van der Waals surface area (Å²) in [4.78, 5) is 12.0. The van der Waals surface area contributed by atoms with Crippen molar-refractivity contribution in [3.05, 3.63) is 59.2 Å². The molecule has 0 radical (unpaired) electrons. The Morgan fingerprint density at radius 3 is 2.38 bits per heavy atom. The number of hydrogen-bond acceptors (Lipinski definition) is 4. The van der Waals surface area contributed by atoms with Crippen molar-refractivity contribution in [1.82, 2.24) is 0 Å². The Morgan fingerprint density at radius 1 is 1.10 bits per heavy atom. The maximum Gasteiger partial charge on any atom is 0.185 e. The van der Waals surface area contributed by atoms with Gasteiger partial charge in [0.1, 0.15) is 17.2 Å². The molecule has 0 fully saturated rings. The van der Waals surface area contributed by atoms with Gasteiger partial charge in [-0.1, -0.05) is 0 Å². The molecule has 2 aromatic rings. The van der Waals surface area contributed by atoms with Crippen molar-refractivity contribution in [2.45, 2.75) is 6.92 Å². The van der Waals surface area contributed by atoms with Crippen molar-refractivity contribution in [3.63, 3.8) is 0 Å². The number of ketones is 1. The number of hydrogen-bond donors (Lipinski definition) is 2. The van der Waals surface area contributed by atoms with Crippen LogP contribution in [0.1, 0.15) is 21.5 Å². The molecule has 0 heterocycles. The first-order valence-corrected chi connectivity index (χ1v) is 6.41. The Kier molecular flexibility index (Phi) is 4.28. The largest absolute Gasteiger partial charge is 0.508 e. The number of rotatable bonds is 4. The molecule has 0 atom stereocenters. The van der Waals surface area contributed by atoms with E-state index < -0.39 is 0 Å². The molecule has 108 valence electrons. The molecule has 0 aliphatic heterocycles. The van der Waals surface area contributed by atoms with Gasteiger partial charge < -0.3 is 14.9 Å². The van der Waals surface area contributed by atoms with Crippen LogP contribution in [0.2, 0.25) is 0 Å². The average molecular weight is 284 g/mol. The van der Waals surface area contributed by atoms with Gasteiger partial charge in [-0.05, 0) is 55.5 Å². The maximum absolute atomic E-state index is 12.0. The summed E-state index contributed by atoms with van der Waals surface area (Å²) in [7, 11) is 1.51. The predicted molar refractivity (Wildman–Crippen MR) is 80.9 cm³/mol. The van der Waals surface area contributed by atoms with Crippen LogP contribution in [-0.4, -0.2) is 23.1 Å². The Bertz CT molecular complexity index is 685. The lowest BCUT2D eigenvalue weighted by Crippen LogP contribution is -1.94. The van der Waals surface area contributed by atoms with Gasteiger partial charge in [0.25, 0.3) is 0 Å². The van der Waals surface area contributed by atoms with Gasteiger partial charge >= 0.3 is 0 Å². The average Bonchev–Trinajstić information content (AvgIpc) is 2.49. The van der Waals surface area contributed by atoms with Crippen LogP contribution in [0, 0.1) is 6.92 Å². The van der Waals surface area contributed by atoms with Crippen LogP contribution in [-0.2, 0) is 0 Å². The number of aromatic hydroxyl groups is 2. The third-order valence-electron chi connectivity index (χ3n) is 3.18. The molecule has 2 aromatic carbocycles. The van der Waals surface area contributed by atoms with Crippen LogP contribution >= 0.6 is 0 Å². The van der Waals surface area contributed by atoms with Crippen molar-refractivity contribution in [3.8, 4) is 17.2 Å². The number of carbonyl (C=O) groups excluding carboxylic acids is 1. The van der Waals surface area contributed by atoms with Gasteiger partial charge in [-0.2, -0.15) is 0 Å². The lowest BCUT2D eigenvalue weighted by Gasteiger charge is -2.09. The number of benzene rings is 2. The smallest absolute Gasteiger partial charge is 0.185 e. The summed E-state index contributed by atoms with van der Waals surface area (Å²) < 4.78 is 5.26. The minimum absolute atomic E-state index is 0.117. The minimum Gasteiger partial charge on any atom is -0.508 e. The van der Waals surface area contributed by atoms with E-state index in [4.69, 9.17) is 4.74 Å². The summed E-state index contributed by atoms with van der Waals surface area (Å²) in [6.07, 6.45) is 3.07. The second kappa shape index (κ2) is 6.13. The molecule has 4 nitrogen and oxygen atoms in total. The Labute approximate surface area is 122 Å². The third kappa shape index (κ3) is 3.23. The SMILES string of the molecule is COc1c(/C=C/C(=O)c2ccc(O)cc2)ccc(O)c1C. The molecule has 4 heteroatoms. The fourth-order valence-electron chi connectivity index (χ4n) is 1.99. The van der Waals surface area contributed by atoms with Crippen molar-refractivity contribution in [2.24, 2.45) is 0 Å². The molecule has 2 N–H and O–H groups in total. The Hall–Kier alpha value is -2.75. The second-order valence-corrected chi connectivity index (χ2v) is 4.58. The van der Waals surface area contributed by atoms with E-state index in [1.165, 1.54) is 25.3 Å². The van der Waals surface area contributed by atoms with E-state index in [-0.39, 0.29) is 17.3 Å². The van der Waals surface area contributed by atoms with Crippen molar-refractivity contribution < 1.29 is 19.7 Å². The molecule has 0 aliphatic rings. The Balaban J connectivity index is 2.27. The molecule has 0 aromatic heterocycles. The van der Waals surface area contributed by atoms with E-state index in [0.29, 0.717) is 22.4 Å². The molecule has 0 bridgehead atoms. The highest BCUT2D eigenvalue weighted by Crippen LogP contribution is 2.31. The molecular weight excluding hydrogens is 268 g/mol. The van der Waals surface area contributed by atoms with E-state index in [9.17, 15) is 15.0 Å². The summed E-state index contributed by atoms with van der Waals surface area (Å²) in [5, 5.41) is 18.8. The standard InChI is InChI=1S/C17H16O4/c1-11-15(19)9-5-13(17(11)21-2)6-10-16(20)12-3-7-14(18)8-4-12/h3-10,18-19H,1-2H3/b10-6+. The first-order chi connectivity index (χ1) is 10.0. The van der Waals surface area contributed by atoms with Gasteiger partial charge in [0.05, 0.1) is 7.11 Å². The van der Waals surface area contributed by atoms with Gasteiger partial charge in [-0.3, -0.25) is 4.79 Å². The fourth-order valence-corrected chi connectivity index (χ4v) is 1.99. The Morgan fingerprint density at radius 2 is 1.76 bits per heavy atom. The minimum atomic E-state index is -0.178. The topological polar surface area (TPSA) is 66.8 Å². The molecule has 0 amide bonds. The van der Waals surface area contributed by atoms with E-state index in [1.54, 1.807) is 37.3 Å². The van der Waals surface area contributed by atoms with Crippen LogP contribution < -0.4 is 4.74 Å². The van der Waals surface area contributed by atoms with Crippen LogP contribution in [0.15, 0.2) is 42.5 Å². The van der Waals surface area contributed by atoms with Crippen molar-refractivity contribution in [2.75, 3.05) is 7.11 Å². The molecule has 0 spiro atoms. The van der Waals surface area contributed by atoms with E-state index >= 15 is 0 Å². The highest BCUT2D eigenvalue weighted by molar-refractivity contribution is 6.07. The summed E-state index contributed by atoms with van der Waals surface area (Å²) in [6, 6.07) is 9.28. The molecule has 2 rings (SSSR count).